The van der Waals surface area contributed by atoms with Gasteiger partial charge in [0.25, 0.3) is 10.1 Å². The van der Waals surface area contributed by atoms with Gasteiger partial charge in [-0.15, -0.1) is 0 Å². The van der Waals surface area contributed by atoms with Crippen molar-refractivity contribution in [2.45, 2.75) is 51.5 Å². The topological polar surface area (TPSA) is 81.7 Å². The van der Waals surface area contributed by atoms with Crippen LogP contribution >= 0.6 is 0 Å². The van der Waals surface area contributed by atoms with Gasteiger partial charge in [-0.05, 0) is 51.8 Å². The third-order valence-electron chi connectivity index (χ3n) is 2.48. The van der Waals surface area contributed by atoms with Crippen molar-refractivity contribution in [2.75, 3.05) is 11.9 Å². The van der Waals surface area contributed by atoms with Crippen LogP contribution in [0.3, 0.4) is 0 Å². The Bertz CT molecular complexity index is 632. The van der Waals surface area contributed by atoms with Crippen LogP contribution in [-0.2, 0) is 19.0 Å². The number of rotatable bonds is 5. The Balaban J connectivity index is 3.09. The molecule has 1 N–H and O–H groups in total. The second-order valence-electron chi connectivity index (χ2n) is 5.90. The highest BCUT2D eigenvalue weighted by molar-refractivity contribution is 7.87. The average molecular weight is 329 g/mol. The zero-order valence-corrected chi connectivity index (χ0v) is 14.4. The van der Waals surface area contributed by atoms with Crippen LogP contribution in [0.1, 0.15) is 39.7 Å². The Morgan fingerprint density at radius 1 is 1.27 bits per heavy atom. The molecule has 0 saturated heterocycles. The van der Waals surface area contributed by atoms with Crippen molar-refractivity contribution in [2.24, 2.45) is 0 Å². The van der Waals surface area contributed by atoms with E-state index in [4.69, 9.17) is 8.92 Å². The summed E-state index contributed by atoms with van der Waals surface area (Å²) < 4.78 is 34.4. The molecule has 0 atom stereocenters. The van der Waals surface area contributed by atoms with E-state index in [1.807, 2.05) is 6.92 Å². The summed E-state index contributed by atoms with van der Waals surface area (Å²) in [6.07, 6.45) is -0.148. The maximum atomic E-state index is 12.2. The second kappa shape index (κ2) is 7.11. The first-order valence-electron chi connectivity index (χ1n) is 7.05. The smallest absolute Gasteiger partial charge is 0.412 e. The van der Waals surface area contributed by atoms with Gasteiger partial charge in [0.2, 0.25) is 0 Å². The van der Waals surface area contributed by atoms with E-state index in [0.717, 1.165) is 5.56 Å². The predicted octanol–water partition coefficient (Wildman–Crippen LogP) is 3.46. The molecule has 0 aliphatic carbocycles. The van der Waals surface area contributed by atoms with E-state index in [-0.39, 0.29) is 17.2 Å². The van der Waals surface area contributed by atoms with Crippen molar-refractivity contribution in [3.05, 3.63) is 23.8 Å². The highest BCUT2D eigenvalue weighted by Crippen LogP contribution is 2.25. The molecule has 0 saturated carbocycles. The van der Waals surface area contributed by atoms with Gasteiger partial charge in [0.05, 0.1) is 12.3 Å². The summed E-state index contributed by atoms with van der Waals surface area (Å²) in [6, 6.07) is 4.61. The van der Waals surface area contributed by atoms with Crippen LogP contribution in [0.2, 0.25) is 0 Å². The number of amides is 1. The molecule has 0 aliphatic heterocycles. The maximum Gasteiger partial charge on any atom is 0.412 e. The standard InChI is InChI=1S/C15H23NO5S/c1-6-9-20-22(18,19)13-8-7-11(2)10-12(13)16-14(17)21-15(3,4)5/h7-8,10H,6,9H2,1-5H3,(H,16,17). The molecule has 0 aliphatic rings. The van der Waals surface area contributed by atoms with Gasteiger partial charge in [-0.3, -0.25) is 9.50 Å². The first-order valence-corrected chi connectivity index (χ1v) is 8.46. The molecular weight excluding hydrogens is 306 g/mol. The summed E-state index contributed by atoms with van der Waals surface area (Å²) in [6.45, 7) is 8.87. The van der Waals surface area contributed by atoms with E-state index >= 15 is 0 Å². The van der Waals surface area contributed by atoms with Crippen LogP contribution in [-0.4, -0.2) is 26.7 Å². The lowest BCUT2D eigenvalue weighted by Crippen LogP contribution is -2.27. The minimum absolute atomic E-state index is 0.0854. The molecule has 0 fully saturated rings. The Kier molecular flexibility index (Phi) is 5.96. The molecule has 0 spiro atoms. The monoisotopic (exact) mass is 329 g/mol. The number of hydrogen-bond donors (Lipinski definition) is 1. The third-order valence-corrected chi connectivity index (χ3v) is 3.85. The number of carbonyl (C=O) groups is 1. The first kappa shape index (κ1) is 18.4. The Morgan fingerprint density at radius 2 is 1.91 bits per heavy atom. The van der Waals surface area contributed by atoms with Crippen LogP contribution in [0.25, 0.3) is 0 Å². The number of nitrogens with one attached hydrogen (secondary N) is 1. The summed E-state index contributed by atoms with van der Waals surface area (Å²) in [5.74, 6) is 0. The quantitative estimate of drug-likeness (QED) is 0.837. The summed E-state index contributed by atoms with van der Waals surface area (Å²) >= 11 is 0. The van der Waals surface area contributed by atoms with Gasteiger partial charge in [-0.2, -0.15) is 8.42 Å². The number of hydrogen-bond acceptors (Lipinski definition) is 5. The zero-order chi connectivity index (χ0) is 17.0. The molecule has 1 amide bonds. The van der Waals surface area contributed by atoms with Crippen molar-refractivity contribution in [3.63, 3.8) is 0 Å². The molecule has 1 aromatic rings. The van der Waals surface area contributed by atoms with E-state index in [1.165, 1.54) is 6.07 Å². The highest BCUT2D eigenvalue weighted by atomic mass is 32.2. The summed E-state index contributed by atoms with van der Waals surface area (Å²) in [4.78, 5) is 11.8. The average Bonchev–Trinajstić information content (AvgIpc) is 2.33. The van der Waals surface area contributed by atoms with Crippen LogP contribution in [0.15, 0.2) is 23.1 Å². The molecule has 1 rings (SSSR count). The fraction of sp³-hybridized carbons (Fsp3) is 0.533. The van der Waals surface area contributed by atoms with Crippen LogP contribution in [0, 0.1) is 6.92 Å². The van der Waals surface area contributed by atoms with E-state index in [1.54, 1.807) is 39.8 Å². The van der Waals surface area contributed by atoms with E-state index in [2.05, 4.69) is 5.32 Å². The van der Waals surface area contributed by atoms with Gasteiger partial charge in [0, 0.05) is 0 Å². The van der Waals surface area contributed by atoms with Crippen LogP contribution in [0.5, 0.6) is 0 Å². The Labute approximate surface area is 131 Å². The largest absolute Gasteiger partial charge is 0.444 e. The highest BCUT2D eigenvalue weighted by Gasteiger charge is 2.23. The normalized spacial score (nSPS) is 12.0. The van der Waals surface area contributed by atoms with E-state index < -0.39 is 21.8 Å². The van der Waals surface area contributed by atoms with Gasteiger partial charge in [0.1, 0.15) is 10.5 Å². The van der Waals surface area contributed by atoms with Gasteiger partial charge in [0.15, 0.2) is 0 Å². The maximum absolute atomic E-state index is 12.2. The van der Waals surface area contributed by atoms with Crippen molar-refractivity contribution in [1.29, 1.82) is 0 Å². The fourth-order valence-corrected chi connectivity index (χ4v) is 2.76. The molecule has 7 heteroatoms. The molecule has 22 heavy (non-hydrogen) atoms. The van der Waals surface area contributed by atoms with Gasteiger partial charge >= 0.3 is 6.09 Å². The van der Waals surface area contributed by atoms with E-state index in [0.29, 0.717) is 6.42 Å². The Hall–Kier alpha value is -1.60. The fourth-order valence-electron chi connectivity index (χ4n) is 1.63. The molecule has 0 aromatic heterocycles. The van der Waals surface area contributed by atoms with Crippen molar-refractivity contribution in [1.82, 2.24) is 0 Å². The zero-order valence-electron chi connectivity index (χ0n) is 13.6. The molecule has 1 aromatic carbocycles. The molecule has 0 heterocycles. The van der Waals surface area contributed by atoms with E-state index in [9.17, 15) is 13.2 Å². The molecule has 0 unspecified atom stereocenters. The summed E-state index contributed by atoms with van der Waals surface area (Å²) in [7, 11) is -3.93. The first-order chi connectivity index (χ1) is 10.0. The van der Waals surface area contributed by atoms with Crippen molar-refractivity contribution in [3.8, 4) is 0 Å². The Morgan fingerprint density at radius 3 is 2.45 bits per heavy atom. The van der Waals surface area contributed by atoms with Gasteiger partial charge < -0.3 is 4.74 Å². The molecule has 6 nitrogen and oxygen atoms in total. The molecule has 0 bridgehead atoms. The molecular formula is C15H23NO5S. The number of benzene rings is 1. The number of anilines is 1. The molecule has 0 radical (unpaired) electrons. The number of ether oxygens (including phenoxy) is 1. The van der Waals surface area contributed by atoms with Crippen molar-refractivity contribution >= 4 is 21.9 Å². The van der Waals surface area contributed by atoms with Crippen LogP contribution in [0.4, 0.5) is 10.5 Å². The minimum atomic E-state index is -3.93. The number of aryl methyl sites for hydroxylation is 1. The SMILES string of the molecule is CCCOS(=O)(=O)c1ccc(C)cc1NC(=O)OC(C)(C)C. The van der Waals surface area contributed by atoms with Crippen molar-refractivity contribution < 1.29 is 22.1 Å². The second-order valence-corrected chi connectivity index (χ2v) is 7.49. The predicted molar refractivity (Wildman–Crippen MR) is 84.5 cm³/mol. The lowest BCUT2D eigenvalue weighted by Gasteiger charge is -2.20. The van der Waals surface area contributed by atoms with Crippen LogP contribution < -0.4 is 5.32 Å². The third kappa shape index (κ3) is 5.65. The van der Waals surface area contributed by atoms with Gasteiger partial charge in [-0.25, -0.2) is 4.79 Å². The lowest BCUT2D eigenvalue weighted by molar-refractivity contribution is 0.0635. The lowest BCUT2D eigenvalue weighted by atomic mass is 10.2. The number of carbonyl (C=O) groups excluding carboxylic acids is 1. The van der Waals surface area contributed by atoms with Gasteiger partial charge in [-0.1, -0.05) is 13.0 Å². The summed E-state index contributed by atoms with van der Waals surface area (Å²) in [5.41, 5.74) is 0.275. The minimum Gasteiger partial charge on any atom is -0.444 e. The summed E-state index contributed by atoms with van der Waals surface area (Å²) in [5, 5.41) is 2.47. The molecule has 124 valence electrons.